The van der Waals surface area contributed by atoms with Crippen molar-refractivity contribution in [2.24, 2.45) is 5.10 Å². The van der Waals surface area contributed by atoms with E-state index in [2.05, 4.69) is 10.5 Å². The average Bonchev–Trinajstić information content (AvgIpc) is 2.92. The van der Waals surface area contributed by atoms with Crippen LogP contribution in [-0.2, 0) is 11.2 Å². The van der Waals surface area contributed by atoms with Gasteiger partial charge in [0, 0.05) is 4.88 Å². The highest BCUT2D eigenvalue weighted by Gasteiger charge is 2.01. The summed E-state index contributed by atoms with van der Waals surface area (Å²) in [7, 11) is 0. The summed E-state index contributed by atoms with van der Waals surface area (Å²) in [5.41, 5.74) is 4.63. The Labute approximate surface area is 122 Å². The molecule has 0 bridgehead atoms. The number of hydrogen-bond acceptors (Lipinski definition) is 3. The second kappa shape index (κ2) is 7.40. The summed E-state index contributed by atoms with van der Waals surface area (Å²) < 4.78 is 0. The number of hydrogen-bond donors (Lipinski definition) is 1. The number of hydrazone groups is 1. The molecule has 0 unspecified atom stereocenters. The van der Waals surface area contributed by atoms with E-state index in [0.29, 0.717) is 6.42 Å². The zero-order valence-electron chi connectivity index (χ0n) is 11.2. The van der Waals surface area contributed by atoms with Crippen LogP contribution in [0, 0.1) is 0 Å². The molecule has 0 saturated heterocycles. The highest BCUT2D eigenvalue weighted by Crippen LogP contribution is 2.08. The van der Waals surface area contributed by atoms with Crippen molar-refractivity contribution < 1.29 is 4.79 Å². The van der Waals surface area contributed by atoms with Crippen LogP contribution in [0.1, 0.15) is 17.4 Å². The van der Waals surface area contributed by atoms with Gasteiger partial charge in [0.15, 0.2) is 0 Å². The number of rotatable bonds is 5. The largest absolute Gasteiger partial charge is 0.273 e. The molecule has 0 spiro atoms. The maximum atomic E-state index is 11.6. The van der Waals surface area contributed by atoms with Gasteiger partial charge in [-0.05, 0) is 29.5 Å². The lowest BCUT2D eigenvalue weighted by atomic mass is 10.1. The molecule has 0 aliphatic heterocycles. The van der Waals surface area contributed by atoms with Crippen molar-refractivity contribution in [1.29, 1.82) is 0 Å². The number of allylic oxidation sites excluding steroid dienone is 1. The highest BCUT2D eigenvalue weighted by molar-refractivity contribution is 7.10. The maximum absolute atomic E-state index is 11.6. The smallest absolute Gasteiger partial charge is 0.245 e. The first-order chi connectivity index (χ1) is 9.74. The van der Waals surface area contributed by atoms with E-state index >= 15 is 0 Å². The Bertz CT molecular complexity index is 601. The zero-order chi connectivity index (χ0) is 14.2. The molecule has 1 aromatic carbocycles. The molecule has 1 heterocycles. The van der Waals surface area contributed by atoms with E-state index in [-0.39, 0.29) is 5.91 Å². The average molecular weight is 284 g/mol. The summed E-state index contributed by atoms with van der Waals surface area (Å²) in [6.07, 6.45) is 4.03. The van der Waals surface area contributed by atoms with Gasteiger partial charge in [-0.25, -0.2) is 5.43 Å². The molecule has 102 valence electrons. The van der Waals surface area contributed by atoms with Crippen molar-refractivity contribution >= 4 is 29.5 Å². The van der Waals surface area contributed by atoms with Crippen molar-refractivity contribution in [1.82, 2.24) is 5.43 Å². The van der Waals surface area contributed by atoms with Gasteiger partial charge in [0.05, 0.1) is 12.6 Å². The van der Waals surface area contributed by atoms with Crippen LogP contribution >= 0.6 is 11.3 Å². The number of amides is 1. The third-order valence-electron chi connectivity index (χ3n) is 2.57. The molecule has 0 saturated carbocycles. The third kappa shape index (κ3) is 4.82. The molecule has 0 aliphatic rings. The van der Waals surface area contributed by atoms with Gasteiger partial charge in [0.1, 0.15) is 0 Å². The predicted molar refractivity (Wildman–Crippen MR) is 84.8 cm³/mol. The molecule has 1 aromatic heterocycles. The van der Waals surface area contributed by atoms with E-state index in [1.165, 1.54) is 0 Å². The Morgan fingerprint density at radius 3 is 2.75 bits per heavy atom. The van der Waals surface area contributed by atoms with E-state index in [0.717, 1.165) is 16.0 Å². The molecule has 2 rings (SSSR count). The van der Waals surface area contributed by atoms with Gasteiger partial charge in [0.2, 0.25) is 5.91 Å². The molecule has 2 aromatic rings. The monoisotopic (exact) mass is 284 g/mol. The number of thiophene rings is 1. The topological polar surface area (TPSA) is 41.5 Å². The van der Waals surface area contributed by atoms with Crippen LogP contribution in [0.15, 0.2) is 58.5 Å². The normalized spacial score (nSPS) is 11.8. The molecule has 0 radical (unpaired) electrons. The first kappa shape index (κ1) is 14.2. The van der Waals surface area contributed by atoms with E-state index in [9.17, 15) is 4.79 Å². The first-order valence-electron chi connectivity index (χ1n) is 6.31. The van der Waals surface area contributed by atoms with Crippen LogP contribution in [0.2, 0.25) is 0 Å². The van der Waals surface area contributed by atoms with Crippen LogP contribution in [0.5, 0.6) is 0 Å². The lowest BCUT2D eigenvalue weighted by Gasteiger charge is -1.98. The SMILES string of the molecule is CC(/C=N/NC(=O)Cc1cccs1)=C\c1ccccc1. The summed E-state index contributed by atoms with van der Waals surface area (Å²) in [6, 6.07) is 13.9. The lowest BCUT2D eigenvalue weighted by Crippen LogP contribution is -2.19. The third-order valence-corrected chi connectivity index (χ3v) is 3.44. The summed E-state index contributed by atoms with van der Waals surface area (Å²) >= 11 is 1.57. The highest BCUT2D eigenvalue weighted by atomic mass is 32.1. The molecule has 0 aliphatic carbocycles. The van der Waals surface area contributed by atoms with Crippen molar-refractivity contribution in [2.45, 2.75) is 13.3 Å². The number of nitrogens with one attached hydrogen (secondary N) is 1. The fourth-order valence-corrected chi connectivity index (χ4v) is 2.37. The van der Waals surface area contributed by atoms with Crippen molar-refractivity contribution in [3.8, 4) is 0 Å². The minimum atomic E-state index is -0.101. The Balaban J connectivity index is 1.84. The van der Waals surface area contributed by atoms with Crippen LogP contribution in [0.4, 0.5) is 0 Å². The van der Waals surface area contributed by atoms with Crippen LogP contribution in [0.3, 0.4) is 0 Å². The number of carbonyl (C=O) groups excluding carboxylic acids is 1. The van der Waals surface area contributed by atoms with Crippen LogP contribution in [0.25, 0.3) is 6.08 Å². The minimum Gasteiger partial charge on any atom is -0.273 e. The summed E-state index contributed by atoms with van der Waals surface area (Å²) in [6.45, 7) is 1.95. The Kier molecular flexibility index (Phi) is 5.26. The summed E-state index contributed by atoms with van der Waals surface area (Å²) in [4.78, 5) is 12.6. The van der Waals surface area contributed by atoms with Gasteiger partial charge in [-0.3, -0.25) is 4.79 Å². The maximum Gasteiger partial charge on any atom is 0.245 e. The van der Waals surface area contributed by atoms with Gasteiger partial charge in [-0.15, -0.1) is 11.3 Å². The van der Waals surface area contributed by atoms with E-state index in [1.54, 1.807) is 17.6 Å². The Hall–Kier alpha value is -2.20. The van der Waals surface area contributed by atoms with Crippen molar-refractivity contribution in [3.05, 3.63) is 63.9 Å². The van der Waals surface area contributed by atoms with Crippen LogP contribution in [-0.4, -0.2) is 12.1 Å². The van der Waals surface area contributed by atoms with E-state index < -0.39 is 0 Å². The molecule has 4 heteroatoms. The molecule has 20 heavy (non-hydrogen) atoms. The lowest BCUT2D eigenvalue weighted by molar-refractivity contribution is -0.120. The minimum absolute atomic E-state index is 0.101. The summed E-state index contributed by atoms with van der Waals surface area (Å²) in [5, 5.41) is 5.92. The molecule has 0 atom stereocenters. The molecular weight excluding hydrogens is 268 g/mol. The Morgan fingerprint density at radius 2 is 2.05 bits per heavy atom. The molecule has 1 N–H and O–H groups in total. The van der Waals surface area contributed by atoms with Crippen LogP contribution < -0.4 is 5.43 Å². The molecule has 1 amide bonds. The van der Waals surface area contributed by atoms with E-state index in [4.69, 9.17) is 0 Å². The first-order valence-corrected chi connectivity index (χ1v) is 7.19. The van der Waals surface area contributed by atoms with Gasteiger partial charge in [-0.2, -0.15) is 5.10 Å². The molecule has 0 fully saturated rings. The molecular formula is C16H16N2OS. The van der Waals surface area contributed by atoms with Gasteiger partial charge in [-0.1, -0.05) is 42.5 Å². The number of benzene rings is 1. The standard InChI is InChI=1S/C16H16N2OS/c1-13(10-14-6-3-2-4-7-14)12-17-18-16(19)11-15-8-5-9-20-15/h2-10,12H,11H2,1H3,(H,18,19)/b13-10+,17-12+. The van der Waals surface area contributed by atoms with Gasteiger partial charge >= 0.3 is 0 Å². The number of nitrogens with zero attached hydrogens (tertiary/aromatic N) is 1. The molecule has 3 nitrogen and oxygen atoms in total. The van der Waals surface area contributed by atoms with Crippen molar-refractivity contribution in [2.75, 3.05) is 0 Å². The fourth-order valence-electron chi connectivity index (χ4n) is 1.67. The van der Waals surface area contributed by atoms with Gasteiger partial charge < -0.3 is 0 Å². The Morgan fingerprint density at radius 1 is 1.25 bits per heavy atom. The van der Waals surface area contributed by atoms with E-state index in [1.807, 2.05) is 60.8 Å². The quantitative estimate of drug-likeness (QED) is 0.662. The fraction of sp³-hybridized carbons (Fsp3) is 0.125. The second-order valence-electron chi connectivity index (χ2n) is 4.35. The number of carbonyl (C=O) groups is 1. The zero-order valence-corrected chi connectivity index (χ0v) is 12.1. The second-order valence-corrected chi connectivity index (χ2v) is 5.38. The predicted octanol–water partition coefficient (Wildman–Crippen LogP) is 3.50. The summed E-state index contributed by atoms with van der Waals surface area (Å²) in [5.74, 6) is -0.101. The van der Waals surface area contributed by atoms with Gasteiger partial charge in [0.25, 0.3) is 0 Å². The van der Waals surface area contributed by atoms with Crippen molar-refractivity contribution in [3.63, 3.8) is 0 Å².